The Balaban J connectivity index is 2.62. The number of nitrogens with two attached hydrogens (primary N) is 1. The Morgan fingerprint density at radius 2 is 2.20 bits per heavy atom. The first-order chi connectivity index (χ1) is 7.19. The van der Waals surface area contributed by atoms with Crippen molar-refractivity contribution in [2.24, 2.45) is 5.73 Å². The van der Waals surface area contributed by atoms with Crippen molar-refractivity contribution < 1.29 is 9.26 Å². The van der Waals surface area contributed by atoms with Crippen LogP contribution in [-0.2, 0) is 4.74 Å². The van der Waals surface area contributed by atoms with Gasteiger partial charge in [-0.3, -0.25) is 0 Å². The second kappa shape index (κ2) is 5.82. The number of hydrogen-bond donors (Lipinski definition) is 1. The Hall–Kier alpha value is -0.940. The summed E-state index contributed by atoms with van der Waals surface area (Å²) in [6.07, 6.45) is 1.71. The molecule has 0 spiro atoms. The third kappa shape index (κ3) is 3.28. The van der Waals surface area contributed by atoms with Crippen LogP contribution in [0.15, 0.2) is 4.52 Å². The van der Waals surface area contributed by atoms with E-state index in [9.17, 15) is 0 Å². The van der Waals surface area contributed by atoms with Crippen molar-refractivity contribution >= 4 is 0 Å². The average Bonchev–Trinajstić information content (AvgIpc) is 2.67. The third-order valence-electron chi connectivity index (χ3n) is 2.15. The molecule has 1 aromatic rings. The van der Waals surface area contributed by atoms with E-state index in [4.69, 9.17) is 15.0 Å². The molecule has 15 heavy (non-hydrogen) atoms. The number of rotatable bonds is 6. The quantitative estimate of drug-likeness (QED) is 0.782. The molecule has 0 amide bonds. The van der Waals surface area contributed by atoms with E-state index in [1.165, 1.54) is 0 Å². The van der Waals surface area contributed by atoms with Gasteiger partial charge in [0.15, 0.2) is 5.82 Å². The smallest absolute Gasteiger partial charge is 0.243 e. The van der Waals surface area contributed by atoms with E-state index in [1.54, 1.807) is 0 Å². The first-order valence-electron chi connectivity index (χ1n) is 5.39. The highest BCUT2D eigenvalue weighted by atomic mass is 16.5. The van der Waals surface area contributed by atoms with Gasteiger partial charge in [-0.05, 0) is 20.3 Å². The van der Waals surface area contributed by atoms with E-state index in [0.29, 0.717) is 18.3 Å². The fourth-order valence-corrected chi connectivity index (χ4v) is 1.32. The lowest BCUT2D eigenvalue weighted by molar-refractivity contribution is 0.0683. The average molecular weight is 213 g/mol. The molecule has 0 bridgehead atoms. The molecule has 5 heteroatoms. The van der Waals surface area contributed by atoms with Gasteiger partial charge in [0.25, 0.3) is 0 Å². The number of aromatic nitrogens is 2. The molecule has 1 heterocycles. The SMILES string of the molecule is CCC[C@@H](N)c1nc(C(C)OCC)no1. The maximum atomic E-state index is 5.86. The highest BCUT2D eigenvalue weighted by Crippen LogP contribution is 2.17. The Kier molecular flexibility index (Phi) is 4.71. The summed E-state index contributed by atoms with van der Waals surface area (Å²) >= 11 is 0. The van der Waals surface area contributed by atoms with Gasteiger partial charge in [0.05, 0.1) is 6.04 Å². The molecule has 86 valence electrons. The third-order valence-corrected chi connectivity index (χ3v) is 2.15. The van der Waals surface area contributed by atoms with Crippen LogP contribution in [0.4, 0.5) is 0 Å². The van der Waals surface area contributed by atoms with Gasteiger partial charge in [0.2, 0.25) is 5.89 Å². The maximum Gasteiger partial charge on any atom is 0.243 e. The maximum absolute atomic E-state index is 5.86. The standard InChI is InChI=1S/C10H19N3O2/c1-4-6-8(11)10-12-9(13-15-10)7(3)14-5-2/h7-8H,4-6,11H2,1-3H3/t7?,8-/m1/s1. The van der Waals surface area contributed by atoms with Crippen molar-refractivity contribution in [2.45, 2.75) is 45.8 Å². The van der Waals surface area contributed by atoms with Crippen molar-refractivity contribution in [3.05, 3.63) is 11.7 Å². The second-order valence-electron chi connectivity index (χ2n) is 3.48. The van der Waals surface area contributed by atoms with Gasteiger partial charge in [0.1, 0.15) is 6.10 Å². The van der Waals surface area contributed by atoms with Crippen molar-refractivity contribution in [2.75, 3.05) is 6.61 Å². The zero-order chi connectivity index (χ0) is 11.3. The van der Waals surface area contributed by atoms with Crippen molar-refractivity contribution in [1.82, 2.24) is 10.1 Å². The summed E-state index contributed by atoms with van der Waals surface area (Å²) < 4.78 is 10.4. The summed E-state index contributed by atoms with van der Waals surface area (Å²) in [7, 11) is 0. The zero-order valence-corrected chi connectivity index (χ0v) is 9.56. The number of ether oxygens (including phenoxy) is 1. The largest absolute Gasteiger partial charge is 0.371 e. The predicted molar refractivity (Wildman–Crippen MR) is 56.2 cm³/mol. The lowest BCUT2D eigenvalue weighted by Crippen LogP contribution is -2.10. The minimum absolute atomic E-state index is 0.138. The Bertz CT molecular complexity index is 261. The van der Waals surface area contributed by atoms with E-state index in [-0.39, 0.29) is 12.1 Å². The number of nitrogens with zero attached hydrogens (tertiary/aromatic N) is 2. The summed E-state index contributed by atoms with van der Waals surface area (Å²) in [6.45, 7) is 6.52. The Labute approximate surface area is 90.0 Å². The molecule has 1 aromatic heterocycles. The van der Waals surface area contributed by atoms with Crippen LogP contribution < -0.4 is 5.73 Å². The van der Waals surface area contributed by atoms with Gasteiger partial charge in [-0.2, -0.15) is 4.98 Å². The fourth-order valence-electron chi connectivity index (χ4n) is 1.32. The predicted octanol–water partition coefficient (Wildman–Crippen LogP) is 1.97. The highest BCUT2D eigenvalue weighted by Gasteiger charge is 2.17. The molecule has 2 N–H and O–H groups in total. The van der Waals surface area contributed by atoms with E-state index in [0.717, 1.165) is 12.8 Å². The van der Waals surface area contributed by atoms with Crippen molar-refractivity contribution in [3.63, 3.8) is 0 Å². The van der Waals surface area contributed by atoms with Gasteiger partial charge in [-0.25, -0.2) is 0 Å². The van der Waals surface area contributed by atoms with Crippen LogP contribution in [0.3, 0.4) is 0 Å². The van der Waals surface area contributed by atoms with E-state index in [2.05, 4.69) is 17.1 Å². The summed E-state index contributed by atoms with van der Waals surface area (Å²) in [5.74, 6) is 1.07. The summed E-state index contributed by atoms with van der Waals surface area (Å²) in [6, 6.07) is -0.162. The van der Waals surface area contributed by atoms with Crippen molar-refractivity contribution in [3.8, 4) is 0 Å². The van der Waals surface area contributed by atoms with Gasteiger partial charge in [-0.15, -0.1) is 0 Å². The van der Waals surface area contributed by atoms with Crippen LogP contribution in [0.2, 0.25) is 0 Å². The van der Waals surface area contributed by atoms with E-state index in [1.807, 2.05) is 13.8 Å². The minimum Gasteiger partial charge on any atom is -0.371 e. The fraction of sp³-hybridized carbons (Fsp3) is 0.800. The van der Waals surface area contributed by atoms with Gasteiger partial charge < -0.3 is 15.0 Å². The molecule has 1 rings (SSSR count). The van der Waals surface area contributed by atoms with Gasteiger partial charge >= 0.3 is 0 Å². The van der Waals surface area contributed by atoms with Crippen LogP contribution in [0.1, 0.15) is 57.5 Å². The first kappa shape index (κ1) is 12.1. The second-order valence-corrected chi connectivity index (χ2v) is 3.48. The van der Waals surface area contributed by atoms with Crippen LogP contribution in [-0.4, -0.2) is 16.7 Å². The molecule has 0 aromatic carbocycles. The van der Waals surface area contributed by atoms with E-state index >= 15 is 0 Å². The molecule has 0 saturated carbocycles. The minimum atomic E-state index is -0.162. The summed E-state index contributed by atoms with van der Waals surface area (Å²) in [4.78, 5) is 4.22. The zero-order valence-electron chi connectivity index (χ0n) is 9.56. The highest BCUT2D eigenvalue weighted by molar-refractivity contribution is 4.93. The first-order valence-corrected chi connectivity index (χ1v) is 5.39. The summed E-state index contributed by atoms with van der Waals surface area (Å²) in [5, 5.41) is 3.85. The van der Waals surface area contributed by atoms with Crippen molar-refractivity contribution in [1.29, 1.82) is 0 Å². The summed E-state index contributed by atoms with van der Waals surface area (Å²) in [5.41, 5.74) is 5.86. The van der Waals surface area contributed by atoms with Gasteiger partial charge in [-0.1, -0.05) is 18.5 Å². The van der Waals surface area contributed by atoms with Gasteiger partial charge in [0, 0.05) is 6.61 Å². The molecule has 0 aliphatic carbocycles. The van der Waals surface area contributed by atoms with Crippen LogP contribution in [0.5, 0.6) is 0 Å². The van der Waals surface area contributed by atoms with Crippen LogP contribution in [0.25, 0.3) is 0 Å². The monoisotopic (exact) mass is 213 g/mol. The molecule has 0 aliphatic rings. The molecular formula is C10H19N3O2. The molecule has 2 atom stereocenters. The van der Waals surface area contributed by atoms with Crippen LogP contribution >= 0.6 is 0 Å². The Morgan fingerprint density at radius 3 is 2.80 bits per heavy atom. The molecule has 1 unspecified atom stereocenters. The lowest BCUT2D eigenvalue weighted by atomic mass is 10.2. The van der Waals surface area contributed by atoms with E-state index < -0.39 is 0 Å². The molecule has 0 radical (unpaired) electrons. The Morgan fingerprint density at radius 1 is 1.47 bits per heavy atom. The molecular weight excluding hydrogens is 194 g/mol. The molecule has 0 fully saturated rings. The lowest BCUT2D eigenvalue weighted by Gasteiger charge is -2.05. The number of hydrogen-bond acceptors (Lipinski definition) is 5. The molecule has 5 nitrogen and oxygen atoms in total. The van der Waals surface area contributed by atoms with Crippen LogP contribution in [0, 0.1) is 0 Å². The normalized spacial score (nSPS) is 15.2. The molecule has 0 aliphatic heterocycles. The molecule has 0 saturated heterocycles. The topological polar surface area (TPSA) is 74.2 Å².